The third-order valence-electron chi connectivity index (χ3n) is 5.52. The highest BCUT2D eigenvalue weighted by Gasteiger charge is 2.19. The molecule has 0 atom stereocenters. The van der Waals surface area contributed by atoms with Gasteiger partial charge in [0.05, 0.1) is 10.6 Å². The molecule has 2 heterocycles. The Hall–Kier alpha value is -3.69. The average molecular weight is 506 g/mol. The smallest absolute Gasteiger partial charge is 0.184 e. The van der Waals surface area contributed by atoms with Gasteiger partial charge in [-0.3, -0.25) is 4.98 Å². The number of pyridine rings is 1. The van der Waals surface area contributed by atoms with E-state index in [1.54, 1.807) is 36.5 Å². The first-order chi connectivity index (χ1) is 16.8. The molecule has 0 saturated heterocycles. The molecule has 0 aliphatic carbocycles. The topological polar surface area (TPSA) is 82.0 Å². The van der Waals surface area contributed by atoms with Crippen LogP contribution in [-0.4, -0.2) is 23.6 Å². The lowest BCUT2D eigenvalue weighted by atomic mass is 10.00. The molecule has 0 N–H and O–H groups in total. The molecule has 0 fully saturated rings. The highest BCUT2D eigenvalue weighted by atomic mass is 32.2. The van der Waals surface area contributed by atoms with Crippen LogP contribution in [0.15, 0.2) is 77.3 Å². The van der Waals surface area contributed by atoms with Crippen LogP contribution in [0.1, 0.15) is 16.1 Å². The zero-order valence-corrected chi connectivity index (χ0v) is 20.5. The van der Waals surface area contributed by atoms with E-state index >= 15 is 0 Å². The summed E-state index contributed by atoms with van der Waals surface area (Å²) in [4.78, 5) is 4.80. The van der Waals surface area contributed by atoms with Gasteiger partial charge >= 0.3 is 0 Å². The van der Waals surface area contributed by atoms with E-state index in [1.165, 1.54) is 29.0 Å². The standard InChI is InChI=1S/C26H20FN3O3S2/c1-16-9-19(27)13-21(10-16)33-20-3-5-23(17(2)11-20)26-24-6-4-22(12-18(24)7-8-28-26)35(31,32)14-25-30-29-15-34-25/h3-13,15H,14H2,1-2H3. The Morgan fingerprint density at radius 2 is 1.83 bits per heavy atom. The molecule has 0 radical (unpaired) electrons. The van der Waals surface area contributed by atoms with Crippen molar-refractivity contribution in [3.05, 3.63) is 94.3 Å². The number of nitrogens with zero attached hydrogens (tertiary/aromatic N) is 3. The molecule has 35 heavy (non-hydrogen) atoms. The van der Waals surface area contributed by atoms with Crippen molar-refractivity contribution in [3.63, 3.8) is 0 Å². The number of aromatic nitrogens is 3. The first-order valence-electron chi connectivity index (χ1n) is 10.7. The van der Waals surface area contributed by atoms with Crippen molar-refractivity contribution < 1.29 is 17.5 Å². The number of fused-ring (bicyclic) bond motifs is 1. The molecule has 0 amide bonds. The summed E-state index contributed by atoms with van der Waals surface area (Å²) >= 11 is 1.21. The van der Waals surface area contributed by atoms with Gasteiger partial charge in [0.25, 0.3) is 0 Å². The van der Waals surface area contributed by atoms with Crippen molar-refractivity contribution in [2.24, 2.45) is 0 Å². The van der Waals surface area contributed by atoms with E-state index < -0.39 is 9.84 Å². The number of hydrogen-bond donors (Lipinski definition) is 0. The highest BCUT2D eigenvalue weighted by molar-refractivity contribution is 7.90. The maximum atomic E-state index is 13.7. The minimum Gasteiger partial charge on any atom is -0.457 e. The van der Waals surface area contributed by atoms with Crippen LogP contribution in [0.3, 0.4) is 0 Å². The minimum absolute atomic E-state index is 0.188. The highest BCUT2D eigenvalue weighted by Crippen LogP contribution is 2.34. The predicted molar refractivity (Wildman–Crippen MR) is 134 cm³/mol. The van der Waals surface area contributed by atoms with Crippen LogP contribution in [0, 0.1) is 19.7 Å². The Morgan fingerprint density at radius 3 is 2.57 bits per heavy atom. The molecule has 0 spiro atoms. The number of rotatable bonds is 6. The molecule has 3 aromatic carbocycles. The number of sulfone groups is 1. The normalized spacial score (nSPS) is 11.6. The van der Waals surface area contributed by atoms with E-state index in [9.17, 15) is 12.8 Å². The van der Waals surface area contributed by atoms with E-state index in [0.717, 1.165) is 33.2 Å². The van der Waals surface area contributed by atoms with Crippen molar-refractivity contribution in [2.75, 3.05) is 0 Å². The molecule has 176 valence electrons. The van der Waals surface area contributed by atoms with Crippen molar-refractivity contribution in [1.29, 1.82) is 0 Å². The van der Waals surface area contributed by atoms with Gasteiger partial charge in [-0.1, -0.05) is 6.07 Å². The van der Waals surface area contributed by atoms with Gasteiger partial charge in [-0.05, 0) is 78.9 Å². The largest absolute Gasteiger partial charge is 0.457 e. The van der Waals surface area contributed by atoms with Crippen molar-refractivity contribution in [1.82, 2.24) is 15.2 Å². The summed E-state index contributed by atoms with van der Waals surface area (Å²) in [6.07, 6.45) is 1.66. The lowest BCUT2D eigenvalue weighted by Crippen LogP contribution is -2.05. The van der Waals surface area contributed by atoms with Gasteiger partial charge in [-0.15, -0.1) is 21.5 Å². The average Bonchev–Trinajstić information content (AvgIpc) is 3.30. The zero-order chi connectivity index (χ0) is 24.6. The quantitative estimate of drug-likeness (QED) is 0.270. The predicted octanol–water partition coefficient (Wildman–Crippen LogP) is 6.28. The second-order valence-electron chi connectivity index (χ2n) is 8.18. The Bertz CT molecular complexity index is 1630. The molecule has 5 aromatic rings. The number of ether oxygens (including phenoxy) is 1. The molecule has 0 bridgehead atoms. The molecule has 6 nitrogen and oxygen atoms in total. The number of halogens is 1. The lowest BCUT2D eigenvalue weighted by Gasteiger charge is -2.13. The zero-order valence-electron chi connectivity index (χ0n) is 18.9. The first kappa shape index (κ1) is 23.1. The van der Waals surface area contributed by atoms with E-state index in [-0.39, 0.29) is 16.5 Å². The fourth-order valence-electron chi connectivity index (χ4n) is 3.93. The second-order valence-corrected chi connectivity index (χ2v) is 11.1. The number of benzene rings is 3. The van der Waals surface area contributed by atoms with Crippen molar-refractivity contribution >= 4 is 31.9 Å². The summed E-state index contributed by atoms with van der Waals surface area (Å²) in [7, 11) is -3.56. The Balaban J connectivity index is 1.47. The van der Waals surface area contributed by atoms with E-state index in [4.69, 9.17) is 4.74 Å². The minimum atomic E-state index is -3.56. The van der Waals surface area contributed by atoms with Gasteiger partial charge in [-0.25, -0.2) is 12.8 Å². The van der Waals surface area contributed by atoms with Gasteiger partial charge in [0, 0.05) is 23.2 Å². The van der Waals surface area contributed by atoms with Crippen molar-refractivity contribution in [3.8, 4) is 22.8 Å². The molecule has 0 aliphatic rings. The van der Waals surface area contributed by atoms with Crippen molar-refractivity contribution in [2.45, 2.75) is 24.5 Å². The molecule has 9 heteroatoms. The van der Waals surface area contributed by atoms with Crippen LogP contribution in [0.25, 0.3) is 22.0 Å². The third-order valence-corrected chi connectivity index (χ3v) is 8.02. The summed E-state index contributed by atoms with van der Waals surface area (Å²) in [5.74, 6) is 0.478. The van der Waals surface area contributed by atoms with Gasteiger partial charge in [-0.2, -0.15) is 0 Å². The molecule has 0 aliphatic heterocycles. The van der Waals surface area contributed by atoms with E-state index in [1.807, 2.05) is 32.0 Å². The molecular weight excluding hydrogens is 485 g/mol. The third kappa shape index (κ3) is 4.91. The first-order valence-corrected chi connectivity index (χ1v) is 13.2. The summed E-state index contributed by atoms with van der Waals surface area (Å²) in [5.41, 5.74) is 4.84. The van der Waals surface area contributed by atoms with Gasteiger partial charge < -0.3 is 4.74 Å². The maximum absolute atomic E-state index is 13.7. The van der Waals surface area contributed by atoms with Crippen LogP contribution in [0.4, 0.5) is 4.39 Å². The fraction of sp³-hybridized carbons (Fsp3) is 0.115. The monoisotopic (exact) mass is 505 g/mol. The SMILES string of the molecule is Cc1cc(F)cc(Oc2ccc(-c3nccc4cc(S(=O)(=O)Cc5nncs5)ccc34)c(C)c2)c1. The Kier molecular flexibility index (Phi) is 6.04. The van der Waals surface area contributed by atoms with Gasteiger partial charge in [0.2, 0.25) is 0 Å². The Labute approximate surface area is 206 Å². The van der Waals surface area contributed by atoms with E-state index in [2.05, 4.69) is 15.2 Å². The van der Waals surface area contributed by atoms with Crippen LogP contribution in [0.2, 0.25) is 0 Å². The lowest BCUT2D eigenvalue weighted by molar-refractivity contribution is 0.476. The number of hydrogen-bond acceptors (Lipinski definition) is 7. The summed E-state index contributed by atoms with van der Waals surface area (Å²) < 4.78 is 45.3. The second kappa shape index (κ2) is 9.16. The summed E-state index contributed by atoms with van der Waals surface area (Å²) in [6.45, 7) is 3.75. The molecule has 5 rings (SSSR count). The maximum Gasteiger partial charge on any atom is 0.184 e. The van der Waals surface area contributed by atoms with Crippen LogP contribution >= 0.6 is 11.3 Å². The van der Waals surface area contributed by atoms with Crippen LogP contribution < -0.4 is 4.74 Å². The van der Waals surface area contributed by atoms with Crippen LogP contribution in [-0.2, 0) is 15.6 Å². The Morgan fingerprint density at radius 1 is 0.971 bits per heavy atom. The van der Waals surface area contributed by atoms with E-state index in [0.29, 0.717) is 16.5 Å². The fourth-order valence-corrected chi connectivity index (χ4v) is 6.11. The molecule has 2 aromatic heterocycles. The summed E-state index contributed by atoms with van der Waals surface area (Å²) in [5, 5.41) is 9.61. The van der Waals surface area contributed by atoms with Crippen LogP contribution in [0.5, 0.6) is 11.5 Å². The molecular formula is C26H20FN3O3S2. The molecule has 0 unspecified atom stereocenters. The molecule has 0 saturated carbocycles. The number of aryl methyl sites for hydroxylation is 2. The van der Waals surface area contributed by atoms with Gasteiger partial charge in [0.1, 0.15) is 33.6 Å². The summed E-state index contributed by atoms with van der Waals surface area (Å²) in [6, 6.07) is 17.0. The van der Waals surface area contributed by atoms with Gasteiger partial charge in [0.15, 0.2) is 9.84 Å².